The molecule has 0 aliphatic heterocycles. The summed E-state index contributed by atoms with van der Waals surface area (Å²) < 4.78 is 0. The molecule has 0 aliphatic carbocycles. The molecule has 1 aromatic carbocycles. The maximum atomic E-state index is 11.2. The lowest BCUT2D eigenvalue weighted by molar-refractivity contribution is -0.132. The number of hydrogen-bond acceptors (Lipinski definition) is 3. The number of carbonyl (C=O) groups is 1. The molecule has 1 rings (SSSR count). The van der Waals surface area contributed by atoms with E-state index in [0.717, 1.165) is 19.3 Å². The van der Waals surface area contributed by atoms with E-state index in [1.165, 1.54) is 0 Å². The van der Waals surface area contributed by atoms with Gasteiger partial charge in [0.25, 0.3) is 0 Å². The molecule has 102 valence electrons. The van der Waals surface area contributed by atoms with Crippen LogP contribution in [0.4, 0.5) is 0 Å². The van der Waals surface area contributed by atoms with Gasteiger partial charge in [0.15, 0.2) is 0 Å². The van der Waals surface area contributed by atoms with Gasteiger partial charge in [0.05, 0.1) is 0 Å². The zero-order valence-electron chi connectivity index (χ0n) is 11.0. The predicted octanol–water partition coefficient (Wildman–Crippen LogP) is 3.64. The van der Waals surface area contributed by atoms with Gasteiger partial charge >= 0.3 is 5.97 Å². The molecule has 1 aromatic rings. The van der Waals surface area contributed by atoms with Crippen molar-refractivity contribution >= 4 is 17.4 Å². The first-order valence-corrected chi connectivity index (χ1v) is 6.37. The highest BCUT2D eigenvalue weighted by molar-refractivity contribution is 6.22. The van der Waals surface area contributed by atoms with Gasteiger partial charge in [0, 0.05) is 11.3 Å². The number of carboxylic acid groups (broad SMARTS) is 1. The number of aliphatic hydroxyl groups excluding tert-OH is 1. The van der Waals surface area contributed by atoms with E-state index in [4.69, 9.17) is 5.41 Å². The Morgan fingerprint density at radius 1 is 1.16 bits per heavy atom. The molecule has 4 nitrogen and oxygen atoms in total. The monoisotopic (exact) mass is 261 g/mol. The van der Waals surface area contributed by atoms with Crippen LogP contribution in [0.5, 0.6) is 0 Å². The fraction of sp³-hybridized carbons (Fsp3) is 0.333. The summed E-state index contributed by atoms with van der Waals surface area (Å²) in [4.78, 5) is 11.2. The normalized spacial score (nSPS) is 11.8. The van der Waals surface area contributed by atoms with Crippen molar-refractivity contribution in [2.75, 3.05) is 0 Å². The van der Waals surface area contributed by atoms with Crippen molar-refractivity contribution < 1.29 is 15.0 Å². The molecule has 0 aliphatic rings. The maximum Gasteiger partial charge on any atom is 0.341 e. The van der Waals surface area contributed by atoms with E-state index in [2.05, 4.69) is 0 Å². The molecule has 0 unspecified atom stereocenters. The Hall–Kier alpha value is -2.10. The minimum atomic E-state index is -1.26. The van der Waals surface area contributed by atoms with Gasteiger partial charge in [-0.05, 0) is 12.8 Å². The number of aliphatic carboxylic acids is 1. The van der Waals surface area contributed by atoms with Crippen molar-refractivity contribution in [3.63, 3.8) is 0 Å². The molecule has 0 radical (unpaired) electrons. The average Bonchev–Trinajstić information content (AvgIpc) is 2.39. The van der Waals surface area contributed by atoms with Crippen molar-refractivity contribution in [1.29, 1.82) is 5.41 Å². The molecule has 0 bridgehead atoms. The van der Waals surface area contributed by atoms with Crippen LogP contribution in [-0.2, 0) is 4.79 Å². The largest absolute Gasteiger partial charge is 0.506 e. The summed E-state index contributed by atoms with van der Waals surface area (Å²) in [6.07, 6.45) is 3.08. The second-order valence-electron chi connectivity index (χ2n) is 4.33. The van der Waals surface area contributed by atoms with Crippen LogP contribution < -0.4 is 0 Å². The highest BCUT2D eigenvalue weighted by Gasteiger charge is 2.20. The number of carboxylic acids is 1. The van der Waals surface area contributed by atoms with Gasteiger partial charge in [-0.1, -0.05) is 50.1 Å². The molecule has 0 saturated heterocycles. The van der Waals surface area contributed by atoms with Gasteiger partial charge in [0.2, 0.25) is 0 Å². The maximum absolute atomic E-state index is 11.2. The Morgan fingerprint density at radius 2 is 1.79 bits per heavy atom. The predicted molar refractivity (Wildman–Crippen MR) is 75.5 cm³/mol. The van der Waals surface area contributed by atoms with Crippen LogP contribution in [0.25, 0.3) is 5.76 Å². The van der Waals surface area contributed by atoms with Crippen molar-refractivity contribution in [2.45, 2.75) is 32.6 Å². The Labute approximate surface area is 112 Å². The topological polar surface area (TPSA) is 81.4 Å². The summed E-state index contributed by atoms with van der Waals surface area (Å²) in [7, 11) is 0. The van der Waals surface area contributed by atoms with Crippen LogP contribution in [0.2, 0.25) is 0 Å². The number of benzene rings is 1. The van der Waals surface area contributed by atoms with Gasteiger partial charge in [-0.25, -0.2) is 4.79 Å². The quantitative estimate of drug-likeness (QED) is 0.303. The SMILES string of the molecule is CCCCCC(=N)C(C(=O)O)=C(O)c1ccccc1. The second kappa shape index (κ2) is 7.36. The first-order valence-electron chi connectivity index (χ1n) is 6.37. The van der Waals surface area contributed by atoms with E-state index < -0.39 is 5.97 Å². The first-order chi connectivity index (χ1) is 9.07. The van der Waals surface area contributed by atoms with Crippen LogP contribution in [0.3, 0.4) is 0 Å². The second-order valence-corrected chi connectivity index (χ2v) is 4.33. The highest BCUT2D eigenvalue weighted by Crippen LogP contribution is 2.19. The van der Waals surface area contributed by atoms with Gasteiger partial charge in [-0.3, -0.25) is 0 Å². The Balaban J connectivity index is 2.99. The fourth-order valence-corrected chi connectivity index (χ4v) is 1.79. The number of nitrogens with one attached hydrogen (secondary N) is 1. The molecule has 19 heavy (non-hydrogen) atoms. The van der Waals surface area contributed by atoms with Crippen LogP contribution in [-0.4, -0.2) is 21.9 Å². The zero-order chi connectivity index (χ0) is 14.3. The van der Waals surface area contributed by atoms with Gasteiger partial charge < -0.3 is 15.6 Å². The molecule has 0 fully saturated rings. The minimum absolute atomic E-state index is 0.0256. The average molecular weight is 261 g/mol. The lowest BCUT2D eigenvalue weighted by Crippen LogP contribution is -2.14. The summed E-state index contributed by atoms with van der Waals surface area (Å²) in [6.45, 7) is 2.04. The number of unbranched alkanes of at least 4 members (excludes halogenated alkanes) is 2. The fourth-order valence-electron chi connectivity index (χ4n) is 1.79. The summed E-state index contributed by atoms with van der Waals surface area (Å²) >= 11 is 0. The van der Waals surface area contributed by atoms with Crippen molar-refractivity contribution in [2.24, 2.45) is 0 Å². The Bertz CT molecular complexity index is 477. The summed E-state index contributed by atoms with van der Waals surface area (Å²) in [5.74, 6) is -1.60. The molecule has 0 atom stereocenters. The van der Waals surface area contributed by atoms with Crippen LogP contribution in [0.15, 0.2) is 35.9 Å². The first kappa shape index (κ1) is 15.0. The standard InChI is InChI=1S/C15H19NO3/c1-2-3-5-10-12(16)13(15(18)19)14(17)11-8-6-4-7-9-11/h4,6-9,16-17H,2-3,5,10H2,1H3,(H,18,19). The molecule has 0 saturated carbocycles. The van der Waals surface area contributed by atoms with E-state index in [9.17, 15) is 15.0 Å². The Morgan fingerprint density at radius 3 is 2.32 bits per heavy atom. The van der Waals surface area contributed by atoms with E-state index in [1.54, 1.807) is 30.3 Å². The highest BCUT2D eigenvalue weighted by atomic mass is 16.4. The van der Waals surface area contributed by atoms with Gasteiger partial charge in [0.1, 0.15) is 11.3 Å². The third-order valence-electron chi connectivity index (χ3n) is 2.83. The third-order valence-corrected chi connectivity index (χ3v) is 2.83. The summed E-state index contributed by atoms with van der Waals surface area (Å²) in [6, 6.07) is 8.45. The van der Waals surface area contributed by atoms with Gasteiger partial charge in [-0.2, -0.15) is 0 Å². The molecule has 0 spiro atoms. The molecule has 0 heterocycles. The lowest BCUT2D eigenvalue weighted by Gasteiger charge is -2.08. The van der Waals surface area contributed by atoms with Crippen LogP contribution in [0.1, 0.15) is 38.2 Å². The van der Waals surface area contributed by atoms with E-state index in [-0.39, 0.29) is 17.0 Å². The molecule has 4 heteroatoms. The van der Waals surface area contributed by atoms with E-state index in [1.807, 2.05) is 6.92 Å². The Kier molecular flexibility index (Phi) is 5.79. The van der Waals surface area contributed by atoms with E-state index >= 15 is 0 Å². The minimum Gasteiger partial charge on any atom is -0.506 e. The third kappa shape index (κ3) is 4.25. The molecule has 0 aromatic heterocycles. The van der Waals surface area contributed by atoms with E-state index in [0.29, 0.717) is 12.0 Å². The van der Waals surface area contributed by atoms with Crippen LogP contribution in [0, 0.1) is 5.41 Å². The smallest absolute Gasteiger partial charge is 0.341 e. The molecular weight excluding hydrogens is 242 g/mol. The molecular formula is C15H19NO3. The number of hydrogen-bond donors (Lipinski definition) is 3. The molecule has 0 amide bonds. The van der Waals surface area contributed by atoms with Crippen molar-refractivity contribution in [3.05, 3.63) is 41.5 Å². The summed E-state index contributed by atoms with van der Waals surface area (Å²) in [5.41, 5.74) is 0.0877. The van der Waals surface area contributed by atoms with Gasteiger partial charge in [-0.15, -0.1) is 0 Å². The zero-order valence-corrected chi connectivity index (χ0v) is 11.0. The summed E-state index contributed by atoms with van der Waals surface area (Å²) in [5, 5.41) is 27.0. The van der Waals surface area contributed by atoms with Crippen molar-refractivity contribution in [1.82, 2.24) is 0 Å². The number of aliphatic hydroxyl groups is 1. The number of rotatable bonds is 7. The van der Waals surface area contributed by atoms with Crippen LogP contribution >= 0.6 is 0 Å². The molecule has 3 N–H and O–H groups in total. The lowest BCUT2D eigenvalue weighted by atomic mass is 10.00. The van der Waals surface area contributed by atoms with Crippen molar-refractivity contribution in [3.8, 4) is 0 Å².